The van der Waals surface area contributed by atoms with Crippen molar-refractivity contribution in [3.63, 3.8) is 0 Å². The lowest BCUT2D eigenvalue weighted by molar-refractivity contribution is -0.117. The van der Waals surface area contributed by atoms with Crippen molar-refractivity contribution in [1.82, 2.24) is 20.2 Å². The number of rotatable bonds is 4. The van der Waals surface area contributed by atoms with E-state index in [9.17, 15) is 13.6 Å². The fraction of sp³-hybridized carbons (Fsp3) is 0.0667. The summed E-state index contributed by atoms with van der Waals surface area (Å²) in [6.07, 6.45) is 0. The molecule has 6 nitrogen and oxygen atoms in total. The minimum atomic E-state index is -0.476. The normalized spacial score (nSPS) is 10.5. The zero-order valence-corrected chi connectivity index (χ0v) is 11.8. The third-order valence-corrected chi connectivity index (χ3v) is 2.96. The quantitative estimate of drug-likeness (QED) is 0.801. The first-order valence-corrected chi connectivity index (χ1v) is 6.70. The van der Waals surface area contributed by atoms with Gasteiger partial charge in [0, 0.05) is 5.69 Å². The third kappa shape index (κ3) is 3.54. The lowest BCUT2D eigenvalue weighted by Crippen LogP contribution is -2.20. The summed E-state index contributed by atoms with van der Waals surface area (Å²) < 4.78 is 26.7. The predicted octanol–water partition coefficient (Wildman–Crippen LogP) is 2.26. The number of aromatic nitrogens is 4. The Kier molecular flexibility index (Phi) is 4.05. The molecule has 8 heteroatoms. The fourth-order valence-corrected chi connectivity index (χ4v) is 1.96. The van der Waals surface area contributed by atoms with Crippen molar-refractivity contribution in [1.29, 1.82) is 0 Å². The summed E-state index contributed by atoms with van der Waals surface area (Å²) in [7, 11) is 0. The highest BCUT2D eigenvalue weighted by molar-refractivity contribution is 5.90. The molecule has 1 aromatic heterocycles. The maximum atomic E-state index is 13.6. The Morgan fingerprint density at radius 2 is 1.96 bits per heavy atom. The molecular formula is C15H11F2N5O. The summed E-state index contributed by atoms with van der Waals surface area (Å²) >= 11 is 0. The minimum absolute atomic E-state index is 0.0849. The van der Waals surface area contributed by atoms with Crippen LogP contribution in [-0.2, 0) is 11.3 Å². The highest BCUT2D eigenvalue weighted by atomic mass is 19.1. The van der Waals surface area contributed by atoms with Crippen molar-refractivity contribution >= 4 is 11.6 Å². The average Bonchev–Trinajstić information content (AvgIpc) is 2.95. The molecule has 0 aliphatic heterocycles. The summed E-state index contributed by atoms with van der Waals surface area (Å²) in [5.41, 5.74) is 0.522. The number of tetrazole rings is 1. The largest absolute Gasteiger partial charge is 0.324 e. The van der Waals surface area contributed by atoms with Crippen molar-refractivity contribution in [2.75, 3.05) is 5.32 Å². The number of carbonyl (C=O) groups is 1. The Bertz CT molecular complexity index is 849. The molecule has 0 saturated heterocycles. The maximum Gasteiger partial charge on any atom is 0.248 e. The molecule has 0 radical (unpaired) electrons. The van der Waals surface area contributed by atoms with Crippen molar-refractivity contribution in [2.45, 2.75) is 6.54 Å². The van der Waals surface area contributed by atoms with Crippen molar-refractivity contribution < 1.29 is 13.6 Å². The van der Waals surface area contributed by atoms with Gasteiger partial charge in [-0.3, -0.25) is 4.79 Å². The second-order valence-corrected chi connectivity index (χ2v) is 4.68. The molecule has 1 amide bonds. The van der Waals surface area contributed by atoms with Gasteiger partial charge >= 0.3 is 0 Å². The number of anilines is 1. The van der Waals surface area contributed by atoms with Gasteiger partial charge in [-0.2, -0.15) is 4.80 Å². The van der Waals surface area contributed by atoms with Crippen LogP contribution in [-0.4, -0.2) is 26.1 Å². The van der Waals surface area contributed by atoms with Gasteiger partial charge in [0.05, 0.1) is 5.56 Å². The Labute approximate surface area is 129 Å². The number of halogens is 2. The summed E-state index contributed by atoms with van der Waals surface area (Å²) in [5, 5.41) is 13.9. The topological polar surface area (TPSA) is 72.7 Å². The second-order valence-electron chi connectivity index (χ2n) is 4.68. The molecule has 23 heavy (non-hydrogen) atoms. The molecule has 0 aliphatic carbocycles. The zero-order valence-electron chi connectivity index (χ0n) is 11.8. The van der Waals surface area contributed by atoms with Gasteiger partial charge < -0.3 is 5.32 Å². The van der Waals surface area contributed by atoms with E-state index < -0.39 is 17.5 Å². The van der Waals surface area contributed by atoms with Gasteiger partial charge in [0.2, 0.25) is 11.7 Å². The van der Waals surface area contributed by atoms with Gasteiger partial charge in [-0.1, -0.05) is 18.2 Å². The smallest absolute Gasteiger partial charge is 0.248 e. The van der Waals surface area contributed by atoms with E-state index in [1.165, 1.54) is 30.3 Å². The summed E-state index contributed by atoms with van der Waals surface area (Å²) in [6, 6.07) is 11.5. The number of carbonyl (C=O) groups excluding carboxylic acids is 1. The van der Waals surface area contributed by atoms with Crippen LogP contribution < -0.4 is 5.32 Å². The van der Waals surface area contributed by atoms with E-state index >= 15 is 0 Å². The average molecular weight is 315 g/mol. The lowest BCUT2D eigenvalue weighted by Gasteiger charge is -2.04. The number of nitrogens with zero attached hydrogens (tertiary/aromatic N) is 4. The van der Waals surface area contributed by atoms with Gasteiger partial charge in [-0.25, -0.2) is 8.78 Å². The SMILES string of the molecule is O=C(Cn1nnc(-c2ccccc2F)n1)Nc1cccc(F)c1. The lowest BCUT2D eigenvalue weighted by atomic mass is 10.2. The van der Waals surface area contributed by atoms with Crippen molar-refractivity contribution in [3.05, 3.63) is 60.2 Å². The predicted molar refractivity (Wildman–Crippen MR) is 78.2 cm³/mol. The van der Waals surface area contributed by atoms with Gasteiger partial charge in [-0.15, -0.1) is 10.2 Å². The van der Waals surface area contributed by atoms with E-state index in [0.717, 1.165) is 4.80 Å². The molecule has 0 aliphatic rings. The van der Waals surface area contributed by atoms with Gasteiger partial charge in [-0.05, 0) is 35.5 Å². The van der Waals surface area contributed by atoms with Crippen LogP contribution in [0.5, 0.6) is 0 Å². The van der Waals surface area contributed by atoms with Gasteiger partial charge in [0.1, 0.15) is 18.2 Å². The van der Waals surface area contributed by atoms with Crippen LogP contribution in [0, 0.1) is 11.6 Å². The second kappa shape index (κ2) is 6.30. The van der Waals surface area contributed by atoms with Crippen LogP contribution in [0.3, 0.4) is 0 Å². The highest BCUT2D eigenvalue weighted by Crippen LogP contribution is 2.17. The van der Waals surface area contributed by atoms with Gasteiger partial charge in [0.15, 0.2) is 0 Å². The first-order valence-electron chi connectivity index (χ1n) is 6.70. The van der Waals surface area contributed by atoms with E-state index in [1.807, 2.05) is 0 Å². The third-order valence-electron chi connectivity index (χ3n) is 2.96. The molecular weight excluding hydrogens is 304 g/mol. The van der Waals surface area contributed by atoms with E-state index in [0.29, 0.717) is 5.69 Å². The Hall–Kier alpha value is -3.16. The summed E-state index contributed by atoms with van der Waals surface area (Å²) in [4.78, 5) is 12.9. The Balaban J connectivity index is 1.69. The fourth-order valence-electron chi connectivity index (χ4n) is 1.96. The molecule has 0 spiro atoms. The first-order chi connectivity index (χ1) is 11.1. The molecule has 1 heterocycles. The molecule has 0 fully saturated rings. The number of benzene rings is 2. The molecule has 0 bridgehead atoms. The minimum Gasteiger partial charge on any atom is -0.324 e. The maximum absolute atomic E-state index is 13.6. The Morgan fingerprint density at radius 3 is 2.74 bits per heavy atom. The molecule has 116 valence electrons. The van der Waals surface area contributed by atoms with Crippen LogP contribution >= 0.6 is 0 Å². The van der Waals surface area contributed by atoms with E-state index in [1.54, 1.807) is 18.2 Å². The number of hydrogen-bond donors (Lipinski definition) is 1. The van der Waals surface area contributed by atoms with Crippen LogP contribution in [0.4, 0.5) is 14.5 Å². The molecule has 3 aromatic rings. The molecule has 3 rings (SSSR count). The monoisotopic (exact) mass is 315 g/mol. The van der Waals surface area contributed by atoms with E-state index in [4.69, 9.17) is 0 Å². The number of nitrogens with one attached hydrogen (secondary N) is 1. The molecule has 0 unspecified atom stereocenters. The van der Waals surface area contributed by atoms with Gasteiger partial charge in [0.25, 0.3) is 0 Å². The summed E-state index contributed by atoms with van der Waals surface area (Å²) in [5.74, 6) is -1.30. The van der Waals surface area contributed by atoms with Crippen LogP contribution in [0.1, 0.15) is 0 Å². The molecule has 0 atom stereocenters. The Morgan fingerprint density at radius 1 is 1.13 bits per heavy atom. The summed E-state index contributed by atoms with van der Waals surface area (Å²) in [6.45, 7) is -0.224. The van der Waals surface area contributed by atoms with Crippen LogP contribution in [0.15, 0.2) is 48.5 Å². The highest BCUT2D eigenvalue weighted by Gasteiger charge is 2.12. The number of amides is 1. The molecule has 2 aromatic carbocycles. The van der Waals surface area contributed by atoms with Crippen LogP contribution in [0.25, 0.3) is 11.4 Å². The van der Waals surface area contributed by atoms with Crippen LogP contribution in [0.2, 0.25) is 0 Å². The number of hydrogen-bond acceptors (Lipinski definition) is 4. The molecule has 0 saturated carbocycles. The van der Waals surface area contributed by atoms with E-state index in [2.05, 4.69) is 20.7 Å². The molecule has 1 N–H and O–H groups in total. The zero-order chi connectivity index (χ0) is 16.2. The van der Waals surface area contributed by atoms with Crippen molar-refractivity contribution in [2.24, 2.45) is 0 Å². The standard InChI is InChI=1S/C15H11F2N5O/c16-10-4-3-5-11(8-10)18-14(23)9-22-20-15(19-21-22)12-6-1-2-7-13(12)17/h1-8H,9H2,(H,18,23). The van der Waals surface area contributed by atoms with Crippen molar-refractivity contribution in [3.8, 4) is 11.4 Å². The van der Waals surface area contributed by atoms with E-state index in [-0.39, 0.29) is 17.9 Å². The first kappa shape index (κ1) is 14.8.